The normalized spacial score (nSPS) is 17.0. The van der Waals surface area contributed by atoms with Crippen LogP contribution in [0.4, 0.5) is 5.69 Å². The van der Waals surface area contributed by atoms with Crippen LogP contribution >= 0.6 is 0 Å². The topological polar surface area (TPSA) is 66.8 Å². The first-order valence-electron chi connectivity index (χ1n) is 7.70. The molecule has 0 fully saturated rings. The molecule has 2 aliphatic rings. The minimum Gasteiger partial charge on any atom is -0.495 e. The van der Waals surface area contributed by atoms with Crippen LogP contribution in [0.1, 0.15) is 15.9 Å². The van der Waals surface area contributed by atoms with E-state index in [0.717, 1.165) is 29.4 Å². The van der Waals surface area contributed by atoms with Crippen LogP contribution in [0.3, 0.4) is 0 Å². The zero-order chi connectivity index (χ0) is 16.5. The van der Waals surface area contributed by atoms with Gasteiger partial charge in [0.1, 0.15) is 17.4 Å². The first-order chi connectivity index (χ1) is 11.8. The monoisotopic (exact) mass is 320 g/mol. The average molecular weight is 320 g/mol. The predicted octanol–water partition coefficient (Wildman–Crippen LogP) is 2.30. The molecule has 2 aromatic rings. The molecular formula is C18H16N4O2. The number of benzene rings is 1. The van der Waals surface area contributed by atoms with Gasteiger partial charge in [0.15, 0.2) is 5.78 Å². The lowest BCUT2D eigenvalue weighted by Gasteiger charge is -2.32. The summed E-state index contributed by atoms with van der Waals surface area (Å²) in [5.41, 5.74) is 2.37. The number of carbonyl (C=O) groups is 1. The number of fused-ring (bicyclic) bond motifs is 3. The Kier molecular flexibility index (Phi) is 3.49. The van der Waals surface area contributed by atoms with Gasteiger partial charge in [0, 0.05) is 36.1 Å². The van der Waals surface area contributed by atoms with Crippen LogP contribution in [0, 0.1) is 0 Å². The van der Waals surface area contributed by atoms with Gasteiger partial charge in [0.2, 0.25) is 0 Å². The van der Waals surface area contributed by atoms with Gasteiger partial charge in [-0.15, -0.1) is 0 Å². The Bertz CT molecular complexity index is 859. The van der Waals surface area contributed by atoms with E-state index < -0.39 is 0 Å². The molecule has 0 radical (unpaired) electrons. The van der Waals surface area contributed by atoms with E-state index in [4.69, 9.17) is 4.74 Å². The molecule has 120 valence electrons. The lowest BCUT2D eigenvalue weighted by molar-refractivity contribution is 0.104. The number of nitrogens with zero attached hydrogens (tertiary/aromatic N) is 3. The van der Waals surface area contributed by atoms with Crippen molar-refractivity contribution in [3.63, 3.8) is 0 Å². The maximum absolute atomic E-state index is 12.5. The highest BCUT2D eigenvalue weighted by Gasteiger charge is 2.31. The van der Waals surface area contributed by atoms with Gasteiger partial charge in [0.05, 0.1) is 19.3 Å². The standard InChI is InChI=1S/C18H16N4O2/c1-24-15-6-2-5-13-17(15)21-16(22-9-8-20-18(13)22)10-14(23)12-4-3-7-19-11-12/h2-7,10-11,21H,8-9H2,1H3/b16-10+. The maximum atomic E-state index is 12.5. The number of allylic oxidation sites excluding steroid dienone is 1. The number of aliphatic imine (C=N–C) groups is 1. The number of methoxy groups -OCH3 is 1. The summed E-state index contributed by atoms with van der Waals surface area (Å²) in [6.07, 6.45) is 4.80. The van der Waals surface area contributed by atoms with Gasteiger partial charge in [0.25, 0.3) is 0 Å². The van der Waals surface area contributed by atoms with Crippen molar-refractivity contribution >= 4 is 17.3 Å². The van der Waals surface area contributed by atoms with E-state index in [-0.39, 0.29) is 5.78 Å². The summed E-state index contributed by atoms with van der Waals surface area (Å²) in [6.45, 7) is 1.44. The van der Waals surface area contributed by atoms with E-state index in [2.05, 4.69) is 15.3 Å². The summed E-state index contributed by atoms with van der Waals surface area (Å²) in [4.78, 5) is 23.1. The number of rotatable bonds is 3. The van der Waals surface area contributed by atoms with Crippen LogP contribution in [0.25, 0.3) is 0 Å². The van der Waals surface area contributed by atoms with Gasteiger partial charge < -0.3 is 15.0 Å². The quantitative estimate of drug-likeness (QED) is 0.694. The fourth-order valence-electron chi connectivity index (χ4n) is 2.95. The lowest BCUT2D eigenvalue weighted by atomic mass is 10.1. The second-order valence-electron chi connectivity index (χ2n) is 5.50. The molecule has 3 heterocycles. The fourth-order valence-corrected chi connectivity index (χ4v) is 2.95. The average Bonchev–Trinajstić information content (AvgIpc) is 3.12. The molecule has 0 saturated heterocycles. The summed E-state index contributed by atoms with van der Waals surface area (Å²) < 4.78 is 5.44. The number of para-hydroxylation sites is 1. The van der Waals surface area contributed by atoms with Crippen LogP contribution in [-0.2, 0) is 0 Å². The lowest BCUT2D eigenvalue weighted by Crippen LogP contribution is -2.36. The number of nitrogens with one attached hydrogen (secondary N) is 1. The molecular weight excluding hydrogens is 304 g/mol. The molecule has 0 spiro atoms. The molecule has 1 N–H and O–H groups in total. The first kappa shape index (κ1) is 14.4. The van der Waals surface area contributed by atoms with Crippen LogP contribution in [-0.4, -0.2) is 41.7 Å². The Labute approximate surface area is 139 Å². The summed E-state index contributed by atoms with van der Waals surface area (Å²) in [5, 5.41) is 3.33. The SMILES string of the molecule is COc1cccc2c1N/C(=C\C(=O)c1cccnc1)N1CCN=C21. The highest BCUT2D eigenvalue weighted by Crippen LogP contribution is 2.36. The maximum Gasteiger partial charge on any atom is 0.191 e. The molecule has 6 nitrogen and oxygen atoms in total. The van der Waals surface area contributed by atoms with Crippen molar-refractivity contribution in [2.45, 2.75) is 0 Å². The molecule has 6 heteroatoms. The Morgan fingerprint density at radius 3 is 3.04 bits per heavy atom. The molecule has 0 atom stereocenters. The third-order valence-corrected chi connectivity index (χ3v) is 4.09. The molecule has 0 saturated carbocycles. The zero-order valence-corrected chi connectivity index (χ0v) is 13.2. The van der Waals surface area contributed by atoms with Crippen molar-refractivity contribution < 1.29 is 9.53 Å². The van der Waals surface area contributed by atoms with Crippen molar-refractivity contribution in [3.05, 3.63) is 65.7 Å². The molecule has 0 bridgehead atoms. The van der Waals surface area contributed by atoms with E-state index in [1.54, 1.807) is 37.7 Å². The fraction of sp³-hybridized carbons (Fsp3) is 0.167. The second kappa shape index (κ2) is 5.81. The predicted molar refractivity (Wildman–Crippen MR) is 91.4 cm³/mol. The highest BCUT2D eigenvalue weighted by molar-refractivity contribution is 6.11. The van der Waals surface area contributed by atoms with E-state index in [1.807, 2.05) is 23.1 Å². The van der Waals surface area contributed by atoms with Gasteiger partial charge >= 0.3 is 0 Å². The minimum absolute atomic E-state index is 0.102. The number of pyridine rings is 1. The Balaban J connectivity index is 1.77. The molecule has 4 rings (SSSR count). The third-order valence-electron chi connectivity index (χ3n) is 4.09. The molecule has 0 aliphatic carbocycles. The number of hydrogen-bond donors (Lipinski definition) is 1. The van der Waals surface area contributed by atoms with Crippen molar-refractivity contribution in [2.75, 3.05) is 25.5 Å². The summed E-state index contributed by atoms with van der Waals surface area (Å²) in [5.74, 6) is 2.20. The number of hydrogen-bond acceptors (Lipinski definition) is 6. The molecule has 0 unspecified atom stereocenters. The number of amidine groups is 1. The van der Waals surface area contributed by atoms with Gasteiger partial charge in [-0.2, -0.15) is 0 Å². The largest absolute Gasteiger partial charge is 0.495 e. The van der Waals surface area contributed by atoms with Crippen LogP contribution in [0.2, 0.25) is 0 Å². The van der Waals surface area contributed by atoms with Crippen molar-refractivity contribution in [2.24, 2.45) is 4.99 Å². The van der Waals surface area contributed by atoms with Crippen molar-refractivity contribution in [1.82, 2.24) is 9.88 Å². The molecule has 2 aliphatic heterocycles. The van der Waals surface area contributed by atoms with Gasteiger partial charge in [-0.05, 0) is 24.3 Å². The Morgan fingerprint density at radius 2 is 2.25 bits per heavy atom. The zero-order valence-electron chi connectivity index (χ0n) is 13.2. The number of ether oxygens (including phenoxy) is 1. The van der Waals surface area contributed by atoms with Gasteiger partial charge in [-0.3, -0.25) is 14.8 Å². The summed E-state index contributed by atoms with van der Waals surface area (Å²) in [6, 6.07) is 9.33. The summed E-state index contributed by atoms with van der Waals surface area (Å²) in [7, 11) is 1.63. The van der Waals surface area contributed by atoms with E-state index in [1.165, 1.54) is 0 Å². The number of anilines is 1. The molecule has 0 amide bonds. The second-order valence-corrected chi connectivity index (χ2v) is 5.50. The van der Waals surface area contributed by atoms with Crippen LogP contribution in [0.5, 0.6) is 5.75 Å². The van der Waals surface area contributed by atoms with Gasteiger partial charge in [-0.25, -0.2) is 0 Å². The number of carbonyl (C=O) groups excluding carboxylic acids is 1. The number of aromatic nitrogens is 1. The van der Waals surface area contributed by atoms with Crippen LogP contribution in [0.15, 0.2) is 59.6 Å². The van der Waals surface area contributed by atoms with Crippen LogP contribution < -0.4 is 10.1 Å². The van der Waals surface area contributed by atoms with E-state index in [0.29, 0.717) is 17.9 Å². The Hall–Kier alpha value is -3.15. The number of ketones is 1. The van der Waals surface area contributed by atoms with E-state index in [9.17, 15) is 4.79 Å². The molecule has 1 aromatic heterocycles. The smallest absolute Gasteiger partial charge is 0.191 e. The Morgan fingerprint density at radius 1 is 1.33 bits per heavy atom. The first-order valence-corrected chi connectivity index (χ1v) is 7.70. The highest BCUT2D eigenvalue weighted by atomic mass is 16.5. The van der Waals surface area contributed by atoms with Crippen molar-refractivity contribution in [1.29, 1.82) is 0 Å². The van der Waals surface area contributed by atoms with Gasteiger partial charge in [-0.1, -0.05) is 6.07 Å². The summed E-state index contributed by atoms with van der Waals surface area (Å²) >= 11 is 0. The minimum atomic E-state index is -0.102. The third kappa shape index (κ3) is 2.32. The van der Waals surface area contributed by atoms with E-state index >= 15 is 0 Å². The van der Waals surface area contributed by atoms with Crippen molar-refractivity contribution in [3.8, 4) is 5.75 Å². The molecule has 24 heavy (non-hydrogen) atoms. The molecule has 1 aromatic carbocycles.